The minimum absolute atomic E-state index is 0.184. The molecule has 0 saturated heterocycles. The van der Waals surface area contributed by atoms with Gasteiger partial charge in [-0.1, -0.05) is 41.9 Å². The second-order valence-electron chi connectivity index (χ2n) is 5.09. The SMILES string of the molecule is COc1cccc(Cc2nc(N)c(Oc3ccccc3)c(Cl)n2)c1. The number of ether oxygens (including phenoxy) is 2. The molecular formula is C18H16ClN3O2. The molecule has 1 heterocycles. The Balaban J connectivity index is 1.84. The summed E-state index contributed by atoms with van der Waals surface area (Å²) in [7, 11) is 1.63. The van der Waals surface area contributed by atoms with E-state index in [2.05, 4.69) is 9.97 Å². The van der Waals surface area contributed by atoms with Gasteiger partial charge in [-0.05, 0) is 29.8 Å². The van der Waals surface area contributed by atoms with E-state index in [-0.39, 0.29) is 16.7 Å². The van der Waals surface area contributed by atoms with Gasteiger partial charge in [-0.15, -0.1) is 0 Å². The molecule has 122 valence electrons. The average molecular weight is 342 g/mol. The topological polar surface area (TPSA) is 70.3 Å². The number of nitrogens with zero attached hydrogens (tertiary/aromatic N) is 2. The molecule has 3 rings (SSSR count). The predicted molar refractivity (Wildman–Crippen MR) is 93.8 cm³/mol. The molecule has 0 aliphatic rings. The lowest BCUT2D eigenvalue weighted by molar-refractivity contribution is 0.414. The second kappa shape index (κ2) is 7.19. The molecule has 0 bridgehead atoms. The monoisotopic (exact) mass is 341 g/mol. The second-order valence-corrected chi connectivity index (χ2v) is 5.45. The minimum atomic E-state index is 0.184. The summed E-state index contributed by atoms with van der Waals surface area (Å²) in [6.07, 6.45) is 0.493. The molecule has 0 aliphatic heterocycles. The minimum Gasteiger partial charge on any atom is -0.497 e. The highest BCUT2D eigenvalue weighted by molar-refractivity contribution is 6.31. The van der Waals surface area contributed by atoms with Crippen molar-refractivity contribution in [1.82, 2.24) is 9.97 Å². The van der Waals surface area contributed by atoms with E-state index in [1.807, 2.05) is 42.5 Å². The molecule has 3 aromatic rings. The Bertz CT molecular complexity index is 818. The maximum Gasteiger partial charge on any atom is 0.206 e. The summed E-state index contributed by atoms with van der Waals surface area (Å²) in [6, 6.07) is 16.9. The van der Waals surface area contributed by atoms with Gasteiger partial charge < -0.3 is 15.2 Å². The van der Waals surface area contributed by atoms with E-state index < -0.39 is 0 Å². The standard InChI is InChI=1S/C18H16ClN3O2/c1-23-14-9-5-6-12(10-14)11-15-21-17(19)16(18(20)22-15)24-13-7-3-2-4-8-13/h2-10H,11H2,1H3,(H2,20,21,22). The van der Waals surface area contributed by atoms with Crippen molar-refractivity contribution in [1.29, 1.82) is 0 Å². The van der Waals surface area contributed by atoms with Crippen LogP contribution in [0.15, 0.2) is 54.6 Å². The zero-order valence-electron chi connectivity index (χ0n) is 13.1. The van der Waals surface area contributed by atoms with Crippen LogP contribution in [0.2, 0.25) is 5.15 Å². The molecular weight excluding hydrogens is 326 g/mol. The number of hydrogen-bond acceptors (Lipinski definition) is 5. The number of nitrogen functional groups attached to an aromatic ring is 1. The van der Waals surface area contributed by atoms with Gasteiger partial charge in [-0.3, -0.25) is 0 Å². The fourth-order valence-corrected chi connectivity index (χ4v) is 2.46. The van der Waals surface area contributed by atoms with Crippen LogP contribution in [-0.2, 0) is 6.42 Å². The van der Waals surface area contributed by atoms with Crippen LogP contribution in [0.1, 0.15) is 11.4 Å². The fourth-order valence-electron chi connectivity index (χ4n) is 2.23. The Hall–Kier alpha value is -2.79. The van der Waals surface area contributed by atoms with E-state index in [4.69, 9.17) is 26.8 Å². The van der Waals surface area contributed by atoms with E-state index >= 15 is 0 Å². The number of methoxy groups -OCH3 is 1. The van der Waals surface area contributed by atoms with E-state index in [9.17, 15) is 0 Å². The van der Waals surface area contributed by atoms with Gasteiger partial charge in [0.2, 0.25) is 5.75 Å². The number of nitrogens with two attached hydrogens (primary N) is 1. The fraction of sp³-hybridized carbons (Fsp3) is 0.111. The van der Waals surface area contributed by atoms with Gasteiger partial charge in [-0.25, -0.2) is 9.97 Å². The lowest BCUT2D eigenvalue weighted by Crippen LogP contribution is -2.04. The van der Waals surface area contributed by atoms with Crippen molar-refractivity contribution < 1.29 is 9.47 Å². The Morgan fingerprint density at radius 1 is 1.00 bits per heavy atom. The maximum atomic E-state index is 6.23. The zero-order chi connectivity index (χ0) is 16.9. The molecule has 0 saturated carbocycles. The van der Waals surface area contributed by atoms with Crippen LogP contribution in [0.3, 0.4) is 0 Å². The summed E-state index contributed by atoms with van der Waals surface area (Å²) in [5.41, 5.74) is 7.00. The van der Waals surface area contributed by atoms with Crippen LogP contribution in [-0.4, -0.2) is 17.1 Å². The Morgan fingerprint density at radius 2 is 1.75 bits per heavy atom. The Labute approximate surface area is 145 Å². The molecule has 6 heteroatoms. The highest BCUT2D eigenvalue weighted by atomic mass is 35.5. The lowest BCUT2D eigenvalue weighted by Gasteiger charge is -2.11. The first-order valence-corrected chi connectivity index (χ1v) is 7.71. The zero-order valence-corrected chi connectivity index (χ0v) is 13.8. The van der Waals surface area contributed by atoms with Gasteiger partial charge in [0.05, 0.1) is 7.11 Å². The first-order valence-electron chi connectivity index (χ1n) is 7.33. The van der Waals surface area contributed by atoms with Crippen molar-refractivity contribution in [3.05, 3.63) is 71.1 Å². The number of rotatable bonds is 5. The molecule has 0 spiro atoms. The predicted octanol–water partition coefficient (Wildman–Crippen LogP) is 4.10. The van der Waals surface area contributed by atoms with Crippen molar-refractivity contribution >= 4 is 17.4 Å². The molecule has 1 aromatic heterocycles. The molecule has 0 fully saturated rings. The molecule has 0 amide bonds. The third-order valence-electron chi connectivity index (χ3n) is 3.36. The van der Waals surface area contributed by atoms with Crippen LogP contribution in [0.25, 0.3) is 0 Å². The number of halogens is 1. The first kappa shape index (κ1) is 16.1. The first-order chi connectivity index (χ1) is 11.7. The molecule has 0 atom stereocenters. The van der Waals surface area contributed by atoms with Gasteiger partial charge >= 0.3 is 0 Å². The maximum absolute atomic E-state index is 6.23. The highest BCUT2D eigenvalue weighted by Crippen LogP contribution is 2.32. The molecule has 2 N–H and O–H groups in total. The smallest absolute Gasteiger partial charge is 0.206 e. The lowest BCUT2D eigenvalue weighted by atomic mass is 10.1. The Kier molecular flexibility index (Phi) is 4.82. The Morgan fingerprint density at radius 3 is 2.46 bits per heavy atom. The van der Waals surface area contributed by atoms with Crippen LogP contribution in [0.5, 0.6) is 17.2 Å². The van der Waals surface area contributed by atoms with E-state index in [0.717, 1.165) is 11.3 Å². The molecule has 2 aromatic carbocycles. The number of para-hydroxylation sites is 1. The molecule has 0 aliphatic carbocycles. The van der Waals surface area contributed by atoms with E-state index in [0.29, 0.717) is 18.0 Å². The summed E-state index contributed by atoms with van der Waals surface area (Å²) in [4.78, 5) is 8.59. The van der Waals surface area contributed by atoms with Gasteiger partial charge in [0.15, 0.2) is 11.0 Å². The van der Waals surface area contributed by atoms with Crippen molar-refractivity contribution in [2.75, 3.05) is 12.8 Å². The van der Waals surface area contributed by atoms with Crippen LogP contribution in [0, 0.1) is 0 Å². The van der Waals surface area contributed by atoms with Crippen LogP contribution >= 0.6 is 11.6 Å². The van der Waals surface area contributed by atoms with Gasteiger partial charge in [-0.2, -0.15) is 0 Å². The summed E-state index contributed by atoms with van der Waals surface area (Å²) < 4.78 is 10.9. The average Bonchev–Trinajstić information content (AvgIpc) is 2.59. The molecule has 5 nitrogen and oxygen atoms in total. The third kappa shape index (κ3) is 3.75. The third-order valence-corrected chi connectivity index (χ3v) is 3.61. The van der Waals surface area contributed by atoms with Crippen molar-refractivity contribution in [2.45, 2.75) is 6.42 Å². The molecule has 0 unspecified atom stereocenters. The molecule has 0 radical (unpaired) electrons. The number of anilines is 1. The van der Waals surface area contributed by atoms with Crippen molar-refractivity contribution in [3.63, 3.8) is 0 Å². The number of benzene rings is 2. The normalized spacial score (nSPS) is 10.4. The van der Waals surface area contributed by atoms with Gasteiger partial charge in [0.25, 0.3) is 0 Å². The van der Waals surface area contributed by atoms with Crippen LogP contribution < -0.4 is 15.2 Å². The van der Waals surface area contributed by atoms with Crippen molar-refractivity contribution in [2.24, 2.45) is 0 Å². The largest absolute Gasteiger partial charge is 0.497 e. The van der Waals surface area contributed by atoms with Gasteiger partial charge in [0, 0.05) is 6.42 Å². The quantitative estimate of drug-likeness (QED) is 0.707. The van der Waals surface area contributed by atoms with Crippen molar-refractivity contribution in [3.8, 4) is 17.2 Å². The highest BCUT2D eigenvalue weighted by Gasteiger charge is 2.14. The van der Waals surface area contributed by atoms with E-state index in [1.54, 1.807) is 19.2 Å². The number of hydrogen-bond donors (Lipinski definition) is 1. The summed E-state index contributed by atoms with van der Waals surface area (Å²) in [5.74, 6) is 2.38. The summed E-state index contributed by atoms with van der Waals surface area (Å²) in [6.45, 7) is 0. The van der Waals surface area contributed by atoms with E-state index in [1.165, 1.54) is 0 Å². The summed E-state index contributed by atoms with van der Waals surface area (Å²) in [5, 5.41) is 0.184. The summed E-state index contributed by atoms with van der Waals surface area (Å²) >= 11 is 6.23. The molecule has 24 heavy (non-hydrogen) atoms. The van der Waals surface area contributed by atoms with Gasteiger partial charge in [0.1, 0.15) is 17.3 Å². The van der Waals surface area contributed by atoms with Crippen LogP contribution in [0.4, 0.5) is 5.82 Å². The number of aromatic nitrogens is 2.